The second-order valence-corrected chi connectivity index (χ2v) is 9.11. The molecule has 2 amide bonds. The number of amides is 2. The van der Waals surface area contributed by atoms with Gasteiger partial charge in [0.15, 0.2) is 5.11 Å². The molecule has 160 valence electrons. The average molecular weight is 572 g/mol. The van der Waals surface area contributed by atoms with Crippen LogP contribution in [0.5, 0.6) is 5.75 Å². The van der Waals surface area contributed by atoms with Gasteiger partial charge in [0.1, 0.15) is 17.9 Å². The van der Waals surface area contributed by atoms with Crippen LogP contribution >= 0.6 is 44.1 Å². The van der Waals surface area contributed by atoms with Crippen LogP contribution in [0, 0.1) is 0 Å². The summed E-state index contributed by atoms with van der Waals surface area (Å²) in [5.74, 6) is -0.501. The maximum absolute atomic E-state index is 13.2. The molecule has 3 aromatic carbocycles. The molecule has 1 N–H and O–H groups in total. The Kier molecular flexibility index (Phi) is 6.83. The van der Waals surface area contributed by atoms with E-state index < -0.39 is 11.8 Å². The number of nitrogens with one attached hydrogen (secondary N) is 1. The molecule has 4 rings (SSSR count). The van der Waals surface area contributed by atoms with Gasteiger partial charge < -0.3 is 4.74 Å². The molecule has 1 heterocycles. The predicted octanol–water partition coefficient (Wildman–Crippen LogP) is 5.62. The molecule has 1 saturated heterocycles. The Morgan fingerprint density at radius 1 is 0.938 bits per heavy atom. The van der Waals surface area contributed by atoms with E-state index in [9.17, 15) is 9.59 Å². The number of nitrogens with zero attached hydrogens (tertiary/aromatic N) is 1. The molecule has 0 bridgehead atoms. The van der Waals surface area contributed by atoms with Crippen molar-refractivity contribution < 1.29 is 14.3 Å². The number of para-hydroxylation sites is 1. The molecule has 0 aromatic heterocycles. The van der Waals surface area contributed by atoms with Gasteiger partial charge in [-0.3, -0.25) is 19.8 Å². The van der Waals surface area contributed by atoms with Crippen molar-refractivity contribution in [2.75, 3.05) is 4.90 Å². The number of benzene rings is 3. The highest BCUT2D eigenvalue weighted by Crippen LogP contribution is 2.29. The number of ether oxygens (including phenoxy) is 1. The van der Waals surface area contributed by atoms with Crippen molar-refractivity contribution in [3.8, 4) is 5.75 Å². The van der Waals surface area contributed by atoms with Crippen LogP contribution in [0.15, 0.2) is 87.3 Å². The third-order valence-corrected chi connectivity index (χ3v) is 6.00. The molecular formula is C24H16Br2N2O3S. The van der Waals surface area contributed by atoms with Crippen LogP contribution < -0.4 is 15.0 Å². The predicted molar refractivity (Wildman–Crippen MR) is 135 cm³/mol. The van der Waals surface area contributed by atoms with Crippen LogP contribution in [-0.2, 0) is 16.2 Å². The lowest BCUT2D eigenvalue weighted by molar-refractivity contribution is -0.122. The summed E-state index contributed by atoms with van der Waals surface area (Å²) in [5.41, 5.74) is 2.13. The number of thiocarbonyl (C=S) groups is 1. The minimum atomic E-state index is -0.550. The summed E-state index contributed by atoms with van der Waals surface area (Å²) in [4.78, 5) is 27.2. The fourth-order valence-electron chi connectivity index (χ4n) is 3.13. The molecule has 0 spiro atoms. The molecule has 0 aliphatic carbocycles. The van der Waals surface area contributed by atoms with Gasteiger partial charge in [0.2, 0.25) is 0 Å². The summed E-state index contributed by atoms with van der Waals surface area (Å²) in [6.45, 7) is 0.339. The maximum Gasteiger partial charge on any atom is 0.270 e. The molecule has 0 atom stereocenters. The highest BCUT2D eigenvalue weighted by Gasteiger charge is 2.34. The van der Waals surface area contributed by atoms with E-state index in [2.05, 4.69) is 37.2 Å². The summed E-state index contributed by atoms with van der Waals surface area (Å²) in [6.07, 6.45) is 1.52. The number of hydrogen-bond donors (Lipinski definition) is 1. The number of carbonyl (C=O) groups excluding carboxylic acids is 2. The van der Waals surface area contributed by atoms with E-state index in [4.69, 9.17) is 17.0 Å². The maximum atomic E-state index is 13.2. The van der Waals surface area contributed by atoms with E-state index in [1.807, 2.05) is 36.4 Å². The number of hydrogen-bond acceptors (Lipinski definition) is 4. The zero-order valence-electron chi connectivity index (χ0n) is 16.5. The minimum absolute atomic E-state index is 0.0333. The summed E-state index contributed by atoms with van der Waals surface area (Å²) in [5, 5.41) is 2.64. The number of rotatable bonds is 5. The molecule has 0 saturated carbocycles. The summed E-state index contributed by atoms with van der Waals surface area (Å²) < 4.78 is 7.78. The van der Waals surface area contributed by atoms with E-state index in [1.54, 1.807) is 36.4 Å². The molecule has 32 heavy (non-hydrogen) atoms. The highest BCUT2D eigenvalue weighted by atomic mass is 79.9. The fraction of sp³-hybridized carbons (Fsp3) is 0.0417. The zero-order chi connectivity index (χ0) is 22.7. The number of anilines is 1. The molecule has 1 aliphatic heterocycles. The Hall–Kier alpha value is -2.81. The number of halogens is 2. The highest BCUT2D eigenvalue weighted by molar-refractivity contribution is 9.10. The van der Waals surface area contributed by atoms with Gasteiger partial charge in [0.05, 0.1) is 5.69 Å². The second kappa shape index (κ2) is 9.77. The van der Waals surface area contributed by atoms with E-state index >= 15 is 0 Å². The molecule has 0 unspecified atom stereocenters. The molecular weight excluding hydrogens is 556 g/mol. The smallest absolute Gasteiger partial charge is 0.270 e. The average Bonchev–Trinajstić information content (AvgIpc) is 2.78. The van der Waals surface area contributed by atoms with Crippen LogP contribution in [0.1, 0.15) is 11.1 Å². The molecule has 8 heteroatoms. The summed E-state index contributed by atoms with van der Waals surface area (Å²) in [6, 6.07) is 22.2. The SMILES string of the molecule is O=C1NC(=S)N(c2ccccc2)C(=O)/C1=C\c1cc(Br)ccc1OCc1ccc(Br)cc1. The second-order valence-electron chi connectivity index (χ2n) is 6.89. The van der Waals surface area contributed by atoms with Crippen molar-refractivity contribution in [1.82, 2.24) is 5.32 Å². The van der Waals surface area contributed by atoms with Crippen molar-refractivity contribution in [3.05, 3.63) is 98.4 Å². The monoisotopic (exact) mass is 570 g/mol. The van der Waals surface area contributed by atoms with Gasteiger partial charge in [-0.2, -0.15) is 0 Å². The lowest BCUT2D eigenvalue weighted by Crippen LogP contribution is -2.54. The lowest BCUT2D eigenvalue weighted by Gasteiger charge is -2.29. The van der Waals surface area contributed by atoms with E-state index in [0.29, 0.717) is 23.6 Å². The van der Waals surface area contributed by atoms with E-state index in [-0.39, 0.29) is 10.7 Å². The van der Waals surface area contributed by atoms with Gasteiger partial charge >= 0.3 is 0 Å². The summed E-state index contributed by atoms with van der Waals surface area (Å²) >= 11 is 12.1. The standard InChI is InChI=1S/C24H16Br2N2O3S/c25-17-8-6-15(7-9-17)14-31-21-11-10-18(26)12-16(21)13-20-22(29)27-24(32)28(23(20)30)19-4-2-1-3-5-19/h1-13H,14H2,(H,27,29,32)/b20-13-. The third kappa shape index (κ3) is 4.98. The first-order valence-electron chi connectivity index (χ1n) is 9.55. The quantitative estimate of drug-likeness (QED) is 0.245. The van der Waals surface area contributed by atoms with E-state index in [1.165, 1.54) is 11.0 Å². The fourth-order valence-corrected chi connectivity index (χ4v) is 4.05. The van der Waals surface area contributed by atoms with Gasteiger partial charge in [-0.1, -0.05) is 62.2 Å². The van der Waals surface area contributed by atoms with Crippen LogP contribution in [0.3, 0.4) is 0 Å². The van der Waals surface area contributed by atoms with Gasteiger partial charge in [0.25, 0.3) is 11.8 Å². The van der Waals surface area contributed by atoms with Gasteiger partial charge in [-0.25, -0.2) is 0 Å². The van der Waals surface area contributed by atoms with Gasteiger partial charge in [-0.15, -0.1) is 0 Å². The minimum Gasteiger partial charge on any atom is -0.488 e. The topological polar surface area (TPSA) is 58.6 Å². The molecule has 1 fully saturated rings. The first-order chi connectivity index (χ1) is 15.4. The van der Waals surface area contributed by atoms with Gasteiger partial charge in [-0.05, 0) is 66.3 Å². The summed E-state index contributed by atoms with van der Waals surface area (Å²) in [7, 11) is 0. The molecule has 0 radical (unpaired) electrons. The normalized spacial score (nSPS) is 15.1. The first kappa shape index (κ1) is 22.4. The van der Waals surface area contributed by atoms with Crippen LogP contribution in [0.2, 0.25) is 0 Å². The Balaban J connectivity index is 1.66. The Bertz CT molecular complexity index is 1230. The molecule has 5 nitrogen and oxygen atoms in total. The van der Waals surface area contributed by atoms with Crippen molar-refractivity contribution in [2.45, 2.75) is 6.61 Å². The van der Waals surface area contributed by atoms with Crippen molar-refractivity contribution in [3.63, 3.8) is 0 Å². The first-order valence-corrected chi connectivity index (χ1v) is 11.5. The van der Waals surface area contributed by atoms with Crippen molar-refractivity contribution >= 4 is 72.8 Å². The van der Waals surface area contributed by atoms with Gasteiger partial charge in [0, 0.05) is 14.5 Å². The van der Waals surface area contributed by atoms with E-state index in [0.717, 1.165) is 14.5 Å². The number of carbonyl (C=O) groups is 2. The molecule has 1 aliphatic rings. The van der Waals surface area contributed by atoms with Crippen molar-refractivity contribution in [1.29, 1.82) is 0 Å². The zero-order valence-corrected chi connectivity index (χ0v) is 20.5. The van der Waals surface area contributed by atoms with Crippen molar-refractivity contribution in [2.24, 2.45) is 0 Å². The Labute approximate surface area is 207 Å². The Morgan fingerprint density at radius 3 is 2.34 bits per heavy atom. The lowest BCUT2D eigenvalue weighted by atomic mass is 10.1. The Morgan fingerprint density at radius 2 is 1.62 bits per heavy atom. The largest absolute Gasteiger partial charge is 0.488 e. The molecule has 3 aromatic rings. The van der Waals surface area contributed by atoms with Crippen LogP contribution in [-0.4, -0.2) is 16.9 Å². The third-order valence-electron chi connectivity index (χ3n) is 4.70. The van der Waals surface area contributed by atoms with Crippen LogP contribution in [0.25, 0.3) is 6.08 Å². The van der Waals surface area contributed by atoms with Crippen LogP contribution in [0.4, 0.5) is 5.69 Å².